The Hall–Kier alpha value is -2.36. The molecule has 0 radical (unpaired) electrons. The minimum absolute atomic E-state index is 0.354. The summed E-state index contributed by atoms with van der Waals surface area (Å²) < 4.78 is 5.06. The SMILES string of the molecule is O=C(NCc1ccccn1)Oc1ccccc1. The van der Waals surface area contributed by atoms with Crippen molar-refractivity contribution < 1.29 is 9.53 Å². The first-order chi connectivity index (χ1) is 8.34. The van der Waals surface area contributed by atoms with Crippen LogP contribution in [-0.2, 0) is 6.54 Å². The molecule has 0 saturated heterocycles. The van der Waals surface area contributed by atoms with E-state index < -0.39 is 6.09 Å². The van der Waals surface area contributed by atoms with Gasteiger partial charge in [0.15, 0.2) is 0 Å². The average molecular weight is 228 g/mol. The molecule has 0 unspecified atom stereocenters. The molecule has 17 heavy (non-hydrogen) atoms. The summed E-state index contributed by atoms with van der Waals surface area (Å²) in [4.78, 5) is 15.5. The van der Waals surface area contributed by atoms with Crippen LogP contribution in [0.25, 0.3) is 0 Å². The van der Waals surface area contributed by atoms with Crippen molar-refractivity contribution in [3.8, 4) is 5.75 Å². The third-order valence-electron chi connectivity index (χ3n) is 2.09. The Balaban J connectivity index is 1.83. The van der Waals surface area contributed by atoms with Crippen LogP contribution in [0.15, 0.2) is 54.7 Å². The number of aromatic nitrogens is 1. The molecule has 4 heteroatoms. The maximum atomic E-state index is 11.4. The van der Waals surface area contributed by atoms with Crippen LogP contribution < -0.4 is 10.1 Å². The van der Waals surface area contributed by atoms with Gasteiger partial charge in [-0.2, -0.15) is 0 Å². The minimum Gasteiger partial charge on any atom is -0.410 e. The summed E-state index contributed by atoms with van der Waals surface area (Å²) >= 11 is 0. The molecule has 4 nitrogen and oxygen atoms in total. The maximum absolute atomic E-state index is 11.4. The molecule has 0 aliphatic rings. The van der Waals surface area contributed by atoms with E-state index in [1.807, 2.05) is 24.3 Å². The molecular weight excluding hydrogens is 216 g/mol. The number of pyridine rings is 1. The molecule has 0 aliphatic heterocycles. The standard InChI is InChI=1S/C13H12N2O2/c16-13(17-12-7-2-1-3-8-12)15-10-11-6-4-5-9-14-11/h1-9H,10H2,(H,15,16). The highest BCUT2D eigenvalue weighted by Crippen LogP contribution is 2.08. The molecule has 0 spiro atoms. The number of hydrogen-bond acceptors (Lipinski definition) is 3. The summed E-state index contributed by atoms with van der Waals surface area (Å²) in [6.07, 6.45) is 1.20. The highest BCUT2D eigenvalue weighted by Gasteiger charge is 2.03. The van der Waals surface area contributed by atoms with Crippen LogP contribution in [0.4, 0.5) is 4.79 Å². The van der Waals surface area contributed by atoms with Gasteiger partial charge in [-0.3, -0.25) is 4.98 Å². The number of ether oxygens (including phenoxy) is 1. The predicted octanol–water partition coefficient (Wildman–Crippen LogP) is 2.37. The Kier molecular flexibility index (Phi) is 3.70. The number of carbonyl (C=O) groups is 1. The van der Waals surface area contributed by atoms with E-state index in [1.165, 1.54) is 0 Å². The maximum Gasteiger partial charge on any atom is 0.412 e. The second-order valence-electron chi connectivity index (χ2n) is 3.38. The molecule has 0 bridgehead atoms. The van der Waals surface area contributed by atoms with Crippen molar-refractivity contribution in [1.29, 1.82) is 0 Å². The van der Waals surface area contributed by atoms with Gasteiger partial charge in [0, 0.05) is 6.20 Å². The number of hydrogen-bond donors (Lipinski definition) is 1. The molecule has 0 aliphatic carbocycles. The zero-order valence-corrected chi connectivity index (χ0v) is 9.17. The molecule has 1 N–H and O–H groups in total. The first-order valence-electron chi connectivity index (χ1n) is 5.25. The molecule has 2 aromatic rings. The summed E-state index contributed by atoms with van der Waals surface area (Å²) in [5.41, 5.74) is 0.789. The van der Waals surface area contributed by atoms with Gasteiger partial charge in [0.25, 0.3) is 0 Å². The van der Waals surface area contributed by atoms with E-state index in [1.54, 1.807) is 30.5 Å². The largest absolute Gasteiger partial charge is 0.412 e. The monoisotopic (exact) mass is 228 g/mol. The summed E-state index contributed by atoms with van der Waals surface area (Å²) in [5, 5.41) is 2.62. The third kappa shape index (κ3) is 3.61. The lowest BCUT2D eigenvalue weighted by molar-refractivity contribution is 0.200. The number of benzene rings is 1. The number of para-hydroxylation sites is 1. The number of rotatable bonds is 3. The Bertz CT molecular complexity index is 471. The van der Waals surface area contributed by atoms with E-state index in [9.17, 15) is 4.79 Å². The fourth-order valence-electron chi connectivity index (χ4n) is 1.30. The van der Waals surface area contributed by atoms with Gasteiger partial charge in [-0.1, -0.05) is 24.3 Å². The van der Waals surface area contributed by atoms with Gasteiger partial charge in [-0.15, -0.1) is 0 Å². The molecular formula is C13H12N2O2. The second kappa shape index (κ2) is 5.65. The van der Waals surface area contributed by atoms with Gasteiger partial charge in [0.05, 0.1) is 12.2 Å². The summed E-state index contributed by atoms with van der Waals surface area (Å²) in [6.45, 7) is 0.354. The second-order valence-corrected chi connectivity index (χ2v) is 3.38. The van der Waals surface area contributed by atoms with Gasteiger partial charge >= 0.3 is 6.09 Å². The molecule has 1 aromatic carbocycles. The number of nitrogens with zero attached hydrogens (tertiary/aromatic N) is 1. The molecule has 1 heterocycles. The van der Waals surface area contributed by atoms with E-state index in [0.29, 0.717) is 12.3 Å². The topological polar surface area (TPSA) is 51.2 Å². The number of amides is 1. The van der Waals surface area contributed by atoms with Crippen molar-refractivity contribution in [2.75, 3.05) is 0 Å². The number of carbonyl (C=O) groups excluding carboxylic acids is 1. The van der Waals surface area contributed by atoms with Crippen LogP contribution in [0.2, 0.25) is 0 Å². The Labute approximate surface area is 99.3 Å². The smallest absolute Gasteiger partial charge is 0.410 e. The molecule has 1 amide bonds. The minimum atomic E-state index is -0.484. The zero-order chi connectivity index (χ0) is 11.9. The van der Waals surface area contributed by atoms with Crippen molar-refractivity contribution in [3.63, 3.8) is 0 Å². The summed E-state index contributed by atoms with van der Waals surface area (Å²) in [6, 6.07) is 14.4. The zero-order valence-electron chi connectivity index (χ0n) is 9.17. The quantitative estimate of drug-likeness (QED) is 0.877. The van der Waals surface area contributed by atoms with E-state index >= 15 is 0 Å². The number of nitrogens with one attached hydrogen (secondary N) is 1. The Morgan fingerprint density at radius 2 is 1.88 bits per heavy atom. The molecule has 86 valence electrons. The highest BCUT2D eigenvalue weighted by molar-refractivity contribution is 5.70. The van der Waals surface area contributed by atoms with Crippen LogP contribution in [0.1, 0.15) is 5.69 Å². The van der Waals surface area contributed by atoms with E-state index in [4.69, 9.17) is 4.74 Å². The van der Waals surface area contributed by atoms with Crippen molar-refractivity contribution in [2.24, 2.45) is 0 Å². The molecule has 2 rings (SSSR count). The predicted molar refractivity (Wildman–Crippen MR) is 63.5 cm³/mol. The van der Waals surface area contributed by atoms with Crippen molar-refractivity contribution in [3.05, 3.63) is 60.4 Å². The van der Waals surface area contributed by atoms with Gasteiger partial charge in [0.1, 0.15) is 5.75 Å². The van der Waals surface area contributed by atoms with E-state index in [2.05, 4.69) is 10.3 Å². The summed E-state index contributed by atoms with van der Waals surface area (Å²) in [7, 11) is 0. The average Bonchev–Trinajstić information content (AvgIpc) is 2.39. The lowest BCUT2D eigenvalue weighted by Gasteiger charge is -2.05. The first kappa shape index (κ1) is 11.1. The highest BCUT2D eigenvalue weighted by atomic mass is 16.5. The lowest BCUT2D eigenvalue weighted by Crippen LogP contribution is -2.26. The lowest BCUT2D eigenvalue weighted by atomic mass is 10.3. The van der Waals surface area contributed by atoms with Gasteiger partial charge in [-0.05, 0) is 24.3 Å². The van der Waals surface area contributed by atoms with Crippen molar-refractivity contribution in [1.82, 2.24) is 10.3 Å². The molecule has 0 saturated carbocycles. The van der Waals surface area contributed by atoms with Crippen LogP contribution in [0.3, 0.4) is 0 Å². The Morgan fingerprint density at radius 1 is 1.12 bits per heavy atom. The van der Waals surface area contributed by atoms with E-state index in [0.717, 1.165) is 5.69 Å². The first-order valence-corrected chi connectivity index (χ1v) is 5.25. The van der Waals surface area contributed by atoms with Crippen LogP contribution in [0.5, 0.6) is 5.75 Å². The van der Waals surface area contributed by atoms with Gasteiger partial charge in [-0.25, -0.2) is 4.79 Å². The Morgan fingerprint density at radius 3 is 2.59 bits per heavy atom. The van der Waals surface area contributed by atoms with Gasteiger partial charge in [0.2, 0.25) is 0 Å². The third-order valence-corrected chi connectivity index (χ3v) is 2.09. The van der Waals surface area contributed by atoms with Crippen molar-refractivity contribution in [2.45, 2.75) is 6.54 Å². The van der Waals surface area contributed by atoms with Gasteiger partial charge < -0.3 is 10.1 Å². The van der Waals surface area contributed by atoms with Crippen LogP contribution in [0, 0.1) is 0 Å². The fraction of sp³-hybridized carbons (Fsp3) is 0.0769. The fourth-order valence-corrected chi connectivity index (χ4v) is 1.30. The van der Waals surface area contributed by atoms with Crippen LogP contribution >= 0.6 is 0 Å². The molecule has 0 fully saturated rings. The van der Waals surface area contributed by atoms with Crippen molar-refractivity contribution >= 4 is 6.09 Å². The molecule has 1 aromatic heterocycles. The molecule has 0 atom stereocenters. The normalized spacial score (nSPS) is 9.65. The summed E-state index contributed by atoms with van der Waals surface area (Å²) in [5.74, 6) is 0.519. The van der Waals surface area contributed by atoms with E-state index in [-0.39, 0.29) is 0 Å². The van der Waals surface area contributed by atoms with Crippen LogP contribution in [-0.4, -0.2) is 11.1 Å².